The molecule has 7 nitrogen and oxygen atoms in total. The van der Waals surface area contributed by atoms with Crippen molar-refractivity contribution in [1.29, 1.82) is 0 Å². The summed E-state index contributed by atoms with van der Waals surface area (Å²) in [6.07, 6.45) is 2.46. The van der Waals surface area contributed by atoms with E-state index in [1.807, 2.05) is 6.92 Å². The lowest BCUT2D eigenvalue weighted by Crippen LogP contribution is -2.31. The molecule has 1 atom stereocenters. The fourth-order valence-electron chi connectivity index (χ4n) is 2.95. The molecule has 0 N–H and O–H groups in total. The molecular formula is C16H21N3O4. The number of rotatable bonds is 5. The van der Waals surface area contributed by atoms with Gasteiger partial charge in [-0.15, -0.1) is 0 Å². The van der Waals surface area contributed by atoms with E-state index in [1.165, 1.54) is 0 Å². The van der Waals surface area contributed by atoms with Gasteiger partial charge in [-0.2, -0.15) is 4.98 Å². The summed E-state index contributed by atoms with van der Waals surface area (Å²) in [7, 11) is 1.59. The van der Waals surface area contributed by atoms with Gasteiger partial charge in [0.1, 0.15) is 18.1 Å². The van der Waals surface area contributed by atoms with Crippen LogP contribution >= 0.6 is 0 Å². The molecule has 124 valence electrons. The summed E-state index contributed by atoms with van der Waals surface area (Å²) in [6, 6.07) is 1.62. The fraction of sp³-hybridized carbons (Fsp3) is 0.562. The molecule has 1 fully saturated rings. The predicted molar refractivity (Wildman–Crippen MR) is 80.8 cm³/mol. The third-order valence-electron chi connectivity index (χ3n) is 4.08. The van der Waals surface area contributed by atoms with Gasteiger partial charge in [0.2, 0.25) is 5.89 Å². The van der Waals surface area contributed by atoms with Gasteiger partial charge in [-0.1, -0.05) is 12.1 Å². The van der Waals surface area contributed by atoms with Crippen LogP contribution in [0.4, 0.5) is 0 Å². The number of methoxy groups -OCH3 is 1. The maximum absolute atomic E-state index is 12.9. The first-order valence-electron chi connectivity index (χ1n) is 7.85. The quantitative estimate of drug-likeness (QED) is 0.842. The van der Waals surface area contributed by atoms with E-state index in [0.717, 1.165) is 12.8 Å². The largest absolute Gasteiger partial charge is 0.463 e. The molecule has 2 aromatic rings. The molecule has 1 saturated heterocycles. The van der Waals surface area contributed by atoms with E-state index in [9.17, 15) is 4.79 Å². The molecule has 0 aliphatic carbocycles. The van der Waals surface area contributed by atoms with Crippen LogP contribution < -0.4 is 0 Å². The van der Waals surface area contributed by atoms with Gasteiger partial charge in [-0.25, -0.2) is 0 Å². The molecule has 1 amide bonds. The minimum Gasteiger partial charge on any atom is -0.463 e. The number of furan rings is 1. The smallest absolute Gasteiger partial charge is 0.258 e. The summed E-state index contributed by atoms with van der Waals surface area (Å²) < 4.78 is 15.8. The lowest BCUT2D eigenvalue weighted by Gasteiger charge is -2.21. The average molecular weight is 319 g/mol. The molecule has 3 heterocycles. The summed E-state index contributed by atoms with van der Waals surface area (Å²) in [5, 5.41) is 4.03. The van der Waals surface area contributed by atoms with E-state index >= 15 is 0 Å². The Balaban J connectivity index is 1.83. The van der Waals surface area contributed by atoms with Gasteiger partial charge in [0.05, 0.1) is 11.6 Å². The molecular weight excluding hydrogens is 298 g/mol. The minimum absolute atomic E-state index is 0.0565. The van der Waals surface area contributed by atoms with Crippen molar-refractivity contribution in [2.24, 2.45) is 0 Å². The molecule has 23 heavy (non-hydrogen) atoms. The number of aromatic nitrogens is 2. The van der Waals surface area contributed by atoms with Crippen LogP contribution in [0, 0.1) is 6.92 Å². The zero-order chi connectivity index (χ0) is 16.4. The second kappa shape index (κ2) is 6.54. The standard InChI is InChI=1S/C16H21N3O4/c1-4-14-17-15(18-23-14)13-6-5-7-19(13)16(20)12-8-11(9-21-3)22-10(12)2/h8,13H,4-7,9H2,1-3H3/t13-/m1/s1. The first-order chi connectivity index (χ1) is 11.1. The van der Waals surface area contributed by atoms with Crippen LogP contribution in [0.15, 0.2) is 15.0 Å². The molecule has 1 aliphatic rings. The first-order valence-corrected chi connectivity index (χ1v) is 7.85. The first kappa shape index (κ1) is 15.7. The Morgan fingerprint density at radius 2 is 2.35 bits per heavy atom. The highest BCUT2D eigenvalue weighted by molar-refractivity contribution is 5.95. The van der Waals surface area contributed by atoms with E-state index in [2.05, 4.69) is 10.1 Å². The van der Waals surface area contributed by atoms with Crippen LogP contribution in [0.5, 0.6) is 0 Å². The highest BCUT2D eigenvalue weighted by atomic mass is 16.5. The monoisotopic (exact) mass is 319 g/mol. The van der Waals surface area contributed by atoms with E-state index in [4.69, 9.17) is 13.7 Å². The minimum atomic E-state index is -0.133. The highest BCUT2D eigenvalue weighted by Gasteiger charge is 2.35. The molecule has 0 spiro atoms. The third-order valence-corrected chi connectivity index (χ3v) is 4.08. The van der Waals surface area contributed by atoms with Crippen molar-refractivity contribution < 1.29 is 18.5 Å². The molecule has 0 aromatic carbocycles. The van der Waals surface area contributed by atoms with Crippen molar-refractivity contribution in [3.63, 3.8) is 0 Å². The number of ether oxygens (including phenoxy) is 1. The van der Waals surface area contributed by atoms with E-state index in [0.29, 0.717) is 48.4 Å². The Labute approximate surface area is 134 Å². The lowest BCUT2D eigenvalue weighted by atomic mass is 10.1. The number of hydrogen-bond acceptors (Lipinski definition) is 6. The molecule has 3 rings (SSSR count). The number of nitrogens with zero attached hydrogens (tertiary/aromatic N) is 3. The molecule has 2 aromatic heterocycles. The van der Waals surface area contributed by atoms with Crippen LogP contribution in [0.3, 0.4) is 0 Å². The summed E-state index contributed by atoms with van der Waals surface area (Å²) in [5.41, 5.74) is 0.572. The zero-order valence-corrected chi connectivity index (χ0v) is 13.7. The molecule has 7 heteroatoms. The van der Waals surface area contributed by atoms with Gasteiger partial charge < -0.3 is 18.6 Å². The Bertz CT molecular complexity index is 691. The topological polar surface area (TPSA) is 81.6 Å². The van der Waals surface area contributed by atoms with Crippen molar-refractivity contribution in [2.45, 2.75) is 45.8 Å². The molecule has 1 aliphatic heterocycles. The van der Waals surface area contributed by atoms with Gasteiger partial charge in [0.25, 0.3) is 5.91 Å². The molecule has 0 saturated carbocycles. The summed E-state index contributed by atoms with van der Waals surface area (Å²) in [5.74, 6) is 2.39. The predicted octanol–water partition coefficient (Wildman–Crippen LogP) is 2.66. The van der Waals surface area contributed by atoms with Gasteiger partial charge in [0.15, 0.2) is 5.82 Å². The molecule has 0 bridgehead atoms. The van der Waals surface area contributed by atoms with Crippen LogP contribution in [0.1, 0.15) is 59.4 Å². The second-order valence-corrected chi connectivity index (χ2v) is 5.67. The number of carbonyl (C=O) groups excluding carboxylic acids is 1. The summed E-state index contributed by atoms with van der Waals surface area (Å²) in [4.78, 5) is 19.1. The van der Waals surface area contributed by atoms with Gasteiger partial charge >= 0.3 is 0 Å². The molecule has 0 unspecified atom stereocenters. The van der Waals surface area contributed by atoms with Gasteiger partial charge in [-0.3, -0.25) is 4.79 Å². The highest BCUT2D eigenvalue weighted by Crippen LogP contribution is 2.32. The third kappa shape index (κ3) is 3.01. The SMILES string of the molecule is CCc1nc([C@H]2CCCN2C(=O)c2cc(COC)oc2C)no1. The average Bonchev–Trinajstić information content (AvgIpc) is 3.25. The number of hydrogen-bond donors (Lipinski definition) is 0. The Morgan fingerprint density at radius 3 is 3.04 bits per heavy atom. The maximum atomic E-state index is 12.9. The molecule has 0 radical (unpaired) electrons. The van der Waals surface area contributed by atoms with Crippen molar-refractivity contribution in [2.75, 3.05) is 13.7 Å². The number of amides is 1. The van der Waals surface area contributed by atoms with Crippen LogP contribution in [0.25, 0.3) is 0 Å². The van der Waals surface area contributed by atoms with Crippen molar-refractivity contribution in [3.05, 3.63) is 34.9 Å². The van der Waals surface area contributed by atoms with Crippen LogP contribution in [0.2, 0.25) is 0 Å². The normalized spacial score (nSPS) is 17.9. The Kier molecular flexibility index (Phi) is 4.47. The van der Waals surface area contributed by atoms with Gasteiger partial charge in [0, 0.05) is 20.1 Å². The van der Waals surface area contributed by atoms with Crippen LogP contribution in [-0.4, -0.2) is 34.6 Å². The number of aryl methyl sites for hydroxylation is 2. The fourth-order valence-corrected chi connectivity index (χ4v) is 2.95. The van der Waals surface area contributed by atoms with Crippen LogP contribution in [-0.2, 0) is 17.8 Å². The Morgan fingerprint density at radius 1 is 1.52 bits per heavy atom. The van der Waals surface area contributed by atoms with Crippen molar-refractivity contribution >= 4 is 5.91 Å². The van der Waals surface area contributed by atoms with Gasteiger partial charge in [-0.05, 0) is 25.8 Å². The van der Waals surface area contributed by atoms with E-state index < -0.39 is 0 Å². The van der Waals surface area contributed by atoms with E-state index in [-0.39, 0.29) is 11.9 Å². The van der Waals surface area contributed by atoms with E-state index in [1.54, 1.807) is 25.0 Å². The van der Waals surface area contributed by atoms with Crippen molar-refractivity contribution in [3.8, 4) is 0 Å². The summed E-state index contributed by atoms with van der Waals surface area (Å²) in [6.45, 7) is 4.79. The van der Waals surface area contributed by atoms with Crippen molar-refractivity contribution in [1.82, 2.24) is 15.0 Å². The maximum Gasteiger partial charge on any atom is 0.258 e. The summed E-state index contributed by atoms with van der Waals surface area (Å²) >= 11 is 0. The lowest BCUT2D eigenvalue weighted by molar-refractivity contribution is 0.0726. The number of likely N-dealkylation sites (tertiary alicyclic amines) is 1. The second-order valence-electron chi connectivity index (χ2n) is 5.67. The zero-order valence-electron chi connectivity index (χ0n) is 13.7. The Hall–Kier alpha value is -2.15. The number of carbonyl (C=O) groups is 1.